The third-order valence-electron chi connectivity index (χ3n) is 5.56. The molecule has 1 aliphatic heterocycles. The van der Waals surface area contributed by atoms with E-state index in [1.165, 1.54) is 11.1 Å². The van der Waals surface area contributed by atoms with Gasteiger partial charge in [0.2, 0.25) is 0 Å². The summed E-state index contributed by atoms with van der Waals surface area (Å²) in [5.41, 5.74) is 6.76. The predicted molar refractivity (Wildman–Crippen MR) is 113 cm³/mol. The van der Waals surface area contributed by atoms with Gasteiger partial charge in [0.25, 0.3) is 0 Å². The monoisotopic (exact) mass is 392 g/mol. The molecule has 0 saturated carbocycles. The summed E-state index contributed by atoms with van der Waals surface area (Å²) >= 11 is 0. The summed E-state index contributed by atoms with van der Waals surface area (Å²) in [6.45, 7) is 9.46. The van der Waals surface area contributed by atoms with Crippen LogP contribution >= 0.6 is 0 Å². The minimum Gasteiger partial charge on any atom is -0.497 e. The van der Waals surface area contributed by atoms with Crippen molar-refractivity contribution >= 4 is 0 Å². The average molecular weight is 393 g/mol. The summed E-state index contributed by atoms with van der Waals surface area (Å²) in [4.78, 5) is 6.81. The minimum atomic E-state index is 0.177. The number of hydrogen-bond donors (Lipinski definition) is 0. The fourth-order valence-electron chi connectivity index (χ4n) is 4.16. The van der Waals surface area contributed by atoms with E-state index in [-0.39, 0.29) is 6.04 Å². The molecule has 0 aliphatic carbocycles. The fraction of sp³-hybridized carbons (Fsp3) is 0.391. The first-order chi connectivity index (χ1) is 14.1. The van der Waals surface area contributed by atoms with Crippen molar-refractivity contribution in [2.24, 2.45) is 0 Å². The van der Waals surface area contributed by atoms with E-state index >= 15 is 0 Å². The number of morpholine rings is 1. The normalized spacial score (nSPS) is 17.4. The zero-order valence-corrected chi connectivity index (χ0v) is 17.6. The van der Waals surface area contributed by atoms with Gasteiger partial charge in [-0.2, -0.15) is 5.10 Å². The lowest BCUT2D eigenvalue weighted by Gasteiger charge is -2.36. The smallest absolute Gasteiger partial charge is 0.121 e. The summed E-state index contributed by atoms with van der Waals surface area (Å²) in [7, 11) is 1.68. The first-order valence-electron chi connectivity index (χ1n) is 10.0. The highest BCUT2D eigenvalue weighted by atomic mass is 16.5. The molecule has 1 unspecified atom stereocenters. The Morgan fingerprint density at radius 2 is 2.03 bits per heavy atom. The van der Waals surface area contributed by atoms with Crippen molar-refractivity contribution < 1.29 is 9.47 Å². The van der Waals surface area contributed by atoms with E-state index in [0.717, 1.165) is 48.2 Å². The van der Waals surface area contributed by atoms with Crippen LogP contribution in [0.1, 0.15) is 34.3 Å². The Kier molecular flexibility index (Phi) is 5.65. The maximum absolute atomic E-state index is 5.88. The molecule has 1 atom stereocenters. The van der Waals surface area contributed by atoms with Crippen LogP contribution in [0.3, 0.4) is 0 Å². The Hall–Kier alpha value is -2.70. The average Bonchev–Trinajstić information content (AvgIpc) is 3.02. The van der Waals surface area contributed by atoms with Gasteiger partial charge in [0.15, 0.2) is 0 Å². The van der Waals surface area contributed by atoms with Crippen molar-refractivity contribution in [3.05, 3.63) is 70.8 Å². The molecule has 0 radical (unpaired) electrons. The SMILES string of the molecule is COc1cccc(-n2nc(C)c(C3COCCN3Cc3ccnc(C)c3)c2C)c1. The zero-order valence-electron chi connectivity index (χ0n) is 17.6. The second-order valence-corrected chi connectivity index (χ2v) is 7.56. The van der Waals surface area contributed by atoms with Crippen molar-refractivity contribution in [1.82, 2.24) is 19.7 Å². The molecular formula is C23H28N4O2. The minimum absolute atomic E-state index is 0.177. The van der Waals surface area contributed by atoms with E-state index in [9.17, 15) is 0 Å². The Balaban J connectivity index is 1.67. The lowest BCUT2D eigenvalue weighted by atomic mass is 10.0. The van der Waals surface area contributed by atoms with Crippen LogP contribution in [0.5, 0.6) is 5.75 Å². The molecule has 6 heteroatoms. The van der Waals surface area contributed by atoms with Crippen LogP contribution in [0.25, 0.3) is 5.69 Å². The first-order valence-corrected chi connectivity index (χ1v) is 10.0. The van der Waals surface area contributed by atoms with Crippen molar-refractivity contribution in [2.75, 3.05) is 26.9 Å². The van der Waals surface area contributed by atoms with Crippen LogP contribution in [0.4, 0.5) is 0 Å². The topological polar surface area (TPSA) is 52.4 Å². The standard InChI is InChI=1S/C23H28N4O2/c1-16-12-19(8-9-24-16)14-26-10-11-29-15-22(26)23-17(2)25-27(18(23)3)20-6-5-7-21(13-20)28-4/h5-9,12-13,22H,10-11,14-15H2,1-4H3. The van der Waals surface area contributed by atoms with E-state index in [0.29, 0.717) is 6.61 Å². The molecule has 2 aromatic heterocycles. The number of methoxy groups -OCH3 is 1. The second-order valence-electron chi connectivity index (χ2n) is 7.56. The van der Waals surface area contributed by atoms with Gasteiger partial charge in [0.1, 0.15) is 5.75 Å². The summed E-state index contributed by atoms with van der Waals surface area (Å²) in [5, 5.41) is 4.86. The Morgan fingerprint density at radius 1 is 1.17 bits per heavy atom. The van der Waals surface area contributed by atoms with E-state index in [1.54, 1.807) is 7.11 Å². The number of benzene rings is 1. The van der Waals surface area contributed by atoms with Gasteiger partial charge in [0.05, 0.1) is 37.7 Å². The van der Waals surface area contributed by atoms with E-state index in [4.69, 9.17) is 14.6 Å². The highest BCUT2D eigenvalue weighted by Crippen LogP contribution is 2.32. The van der Waals surface area contributed by atoms with Gasteiger partial charge in [-0.3, -0.25) is 9.88 Å². The van der Waals surface area contributed by atoms with Crippen molar-refractivity contribution in [1.29, 1.82) is 0 Å². The molecule has 6 nitrogen and oxygen atoms in total. The molecule has 0 bridgehead atoms. The van der Waals surface area contributed by atoms with Gasteiger partial charge < -0.3 is 9.47 Å². The second kappa shape index (κ2) is 8.35. The fourth-order valence-corrected chi connectivity index (χ4v) is 4.16. The van der Waals surface area contributed by atoms with Gasteiger partial charge in [-0.1, -0.05) is 6.07 Å². The summed E-state index contributed by atoms with van der Waals surface area (Å²) in [5.74, 6) is 0.826. The number of aromatic nitrogens is 3. The Labute approximate surface area is 172 Å². The molecule has 152 valence electrons. The Morgan fingerprint density at radius 3 is 2.83 bits per heavy atom. The number of pyridine rings is 1. The Bertz CT molecular complexity index is 998. The lowest BCUT2D eigenvalue weighted by molar-refractivity contribution is -0.0132. The number of aryl methyl sites for hydroxylation is 2. The molecule has 3 heterocycles. The highest BCUT2D eigenvalue weighted by molar-refractivity contribution is 5.42. The maximum atomic E-state index is 5.88. The predicted octanol–water partition coefficient (Wildman–Crippen LogP) is 3.77. The van der Waals surface area contributed by atoms with E-state index < -0.39 is 0 Å². The third-order valence-corrected chi connectivity index (χ3v) is 5.56. The lowest BCUT2D eigenvalue weighted by Crippen LogP contribution is -2.39. The van der Waals surface area contributed by atoms with Crippen molar-refractivity contribution in [3.63, 3.8) is 0 Å². The maximum Gasteiger partial charge on any atom is 0.121 e. The van der Waals surface area contributed by atoms with Crippen LogP contribution in [-0.4, -0.2) is 46.5 Å². The van der Waals surface area contributed by atoms with Gasteiger partial charge in [-0.05, 0) is 50.6 Å². The number of hydrogen-bond acceptors (Lipinski definition) is 5. The van der Waals surface area contributed by atoms with E-state index in [2.05, 4.69) is 41.9 Å². The van der Waals surface area contributed by atoms with Crippen LogP contribution in [0, 0.1) is 20.8 Å². The highest BCUT2D eigenvalue weighted by Gasteiger charge is 2.30. The van der Waals surface area contributed by atoms with Gasteiger partial charge >= 0.3 is 0 Å². The largest absolute Gasteiger partial charge is 0.497 e. The van der Waals surface area contributed by atoms with Gasteiger partial charge in [-0.25, -0.2) is 4.68 Å². The van der Waals surface area contributed by atoms with Crippen LogP contribution in [0.2, 0.25) is 0 Å². The van der Waals surface area contributed by atoms with Gasteiger partial charge in [-0.15, -0.1) is 0 Å². The third kappa shape index (κ3) is 4.04. The molecule has 0 N–H and O–H groups in total. The molecule has 0 spiro atoms. The van der Waals surface area contributed by atoms with Crippen LogP contribution in [-0.2, 0) is 11.3 Å². The molecule has 1 saturated heterocycles. The molecule has 0 amide bonds. The molecule has 1 fully saturated rings. The molecule has 1 aromatic carbocycles. The summed E-state index contributed by atoms with van der Waals surface area (Å²) < 4.78 is 13.3. The van der Waals surface area contributed by atoms with Gasteiger partial charge in [0, 0.05) is 42.3 Å². The van der Waals surface area contributed by atoms with Crippen LogP contribution < -0.4 is 4.74 Å². The quantitative estimate of drug-likeness (QED) is 0.662. The molecule has 1 aliphatic rings. The number of nitrogens with zero attached hydrogens (tertiary/aromatic N) is 4. The van der Waals surface area contributed by atoms with Crippen LogP contribution in [0.15, 0.2) is 42.6 Å². The van der Waals surface area contributed by atoms with Crippen molar-refractivity contribution in [2.45, 2.75) is 33.4 Å². The number of rotatable bonds is 5. The van der Waals surface area contributed by atoms with E-state index in [1.807, 2.05) is 36.0 Å². The molecule has 29 heavy (non-hydrogen) atoms. The molecule has 4 rings (SSSR count). The summed E-state index contributed by atoms with van der Waals surface area (Å²) in [6.07, 6.45) is 1.89. The number of ether oxygens (including phenoxy) is 2. The van der Waals surface area contributed by atoms with Crippen molar-refractivity contribution in [3.8, 4) is 11.4 Å². The zero-order chi connectivity index (χ0) is 20.4. The molecule has 3 aromatic rings. The first kappa shape index (κ1) is 19.6. The molecular weight excluding hydrogens is 364 g/mol. The summed E-state index contributed by atoms with van der Waals surface area (Å²) in [6, 6.07) is 12.4.